The van der Waals surface area contributed by atoms with Gasteiger partial charge in [-0.1, -0.05) is 121 Å². The van der Waals surface area contributed by atoms with E-state index >= 15 is 0 Å². The molecule has 0 aliphatic carbocycles. The second-order valence-electron chi connectivity index (χ2n) is 16.8. The molecular weight excluding hydrogens is 611 g/mol. The van der Waals surface area contributed by atoms with Crippen LogP contribution in [0.4, 0.5) is 0 Å². The van der Waals surface area contributed by atoms with Crippen LogP contribution in [0.5, 0.6) is 0 Å². The zero-order valence-corrected chi connectivity index (χ0v) is 31.7. The Labute approximate surface area is 299 Å². The standard InChI is InChI=1S/C45H51BN2O2/c1-28(2)37-25-32(30-17-13-12-14-18-30)26-38(29(3)4)41(37)48-39-22-21-31-19-15-16-20-36(31)40(39)47-42(48)33-23-34(43(5,6)7)27-35(24-33)46-49-44(8,9)45(10,11)50-46/h12-29H,1-11H3. The molecule has 0 spiro atoms. The van der Waals surface area contributed by atoms with Crippen molar-refractivity contribution in [2.75, 3.05) is 0 Å². The Morgan fingerprint density at radius 3 is 1.86 bits per heavy atom. The molecule has 1 fully saturated rings. The largest absolute Gasteiger partial charge is 0.494 e. The molecule has 7 rings (SSSR count). The Morgan fingerprint density at radius 1 is 0.660 bits per heavy atom. The normalized spacial score (nSPS) is 16.0. The van der Waals surface area contributed by atoms with Gasteiger partial charge in [-0.2, -0.15) is 0 Å². The maximum absolute atomic E-state index is 6.65. The molecular formula is C45H51BN2O2. The molecule has 256 valence electrons. The lowest BCUT2D eigenvalue weighted by Gasteiger charge is -2.32. The van der Waals surface area contributed by atoms with E-state index in [1.807, 2.05) is 0 Å². The molecule has 0 unspecified atom stereocenters. The zero-order chi connectivity index (χ0) is 35.7. The van der Waals surface area contributed by atoms with Crippen LogP contribution in [0.3, 0.4) is 0 Å². The van der Waals surface area contributed by atoms with Gasteiger partial charge in [0.25, 0.3) is 0 Å². The van der Waals surface area contributed by atoms with Crippen LogP contribution < -0.4 is 5.46 Å². The van der Waals surface area contributed by atoms with Gasteiger partial charge in [-0.05, 0) is 108 Å². The maximum Gasteiger partial charge on any atom is 0.494 e. The van der Waals surface area contributed by atoms with Crippen LogP contribution >= 0.6 is 0 Å². The minimum absolute atomic E-state index is 0.110. The first-order valence-corrected chi connectivity index (χ1v) is 18.2. The third-order valence-electron chi connectivity index (χ3n) is 10.9. The molecule has 6 aromatic rings. The predicted molar refractivity (Wildman–Crippen MR) is 212 cm³/mol. The minimum atomic E-state index is -0.484. The molecule has 0 saturated carbocycles. The van der Waals surface area contributed by atoms with Gasteiger partial charge in [0.05, 0.1) is 27.9 Å². The Bertz CT molecular complexity index is 2180. The summed E-state index contributed by atoms with van der Waals surface area (Å²) >= 11 is 0. The molecule has 1 aromatic heterocycles. The average Bonchev–Trinajstić information content (AvgIpc) is 3.57. The molecule has 0 radical (unpaired) electrons. The number of fused-ring (bicyclic) bond motifs is 3. The van der Waals surface area contributed by atoms with Crippen LogP contribution in [0.1, 0.15) is 105 Å². The number of hydrogen-bond donors (Lipinski definition) is 0. The van der Waals surface area contributed by atoms with Crippen LogP contribution in [0, 0.1) is 0 Å². The predicted octanol–water partition coefficient (Wildman–Crippen LogP) is 11.4. The van der Waals surface area contributed by atoms with Crippen LogP contribution in [0.15, 0.2) is 97.1 Å². The summed E-state index contributed by atoms with van der Waals surface area (Å²) in [5.74, 6) is 1.48. The third-order valence-corrected chi connectivity index (χ3v) is 10.9. The second kappa shape index (κ2) is 12.2. The van der Waals surface area contributed by atoms with Crippen molar-refractivity contribution in [1.82, 2.24) is 9.55 Å². The average molecular weight is 663 g/mol. The fourth-order valence-corrected chi connectivity index (χ4v) is 7.18. The highest BCUT2D eigenvalue weighted by Crippen LogP contribution is 2.42. The van der Waals surface area contributed by atoms with Gasteiger partial charge in [-0.25, -0.2) is 4.98 Å². The van der Waals surface area contributed by atoms with E-state index in [1.54, 1.807) is 0 Å². The highest BCUT2D eigenvalue weighted by atomic mass is 16.7. The summed E-state index contributed by atoms with van der Waals surface area (Å²) in [5, 5.41) is 2.34. The first-order valence-electron chi connectivity index (χ1n) is 18.2. The van der Waals surface area contributed by atoms with E-state index in [9.17, 15) is 0 Å². The zero-order valence-electron chi connectivity index (χ0n) is 31.7. The molecule has 1 aliphatic heterocycles. The molecule has 4 nitrogen and oxygen atoms in total. The Balaban J connectivity index is 1.58. The van der Waals surface area contributed by atoms with Crippen molar-refractivity contribution < 1.29 is 9.31 Å². The fraction of sp³-hybridized carbons (Fsp3) is 0.356. The van der Waals surface area contributed by atoms with Gasteiger partial charge in [0.1, 0.15) is 5.82 Å². The summed E-state index contributed by atoms with van der Waals surface area (Å²) in [6, 6.07) is 35.5. The van der Waals surface area contributed by atoms with Gasteiger partial charge in [0, 0.05) is 10.9 Å². The summed E-state index contributed by atoms with van der Waals surface area (Å²) in [4.78, 5) is 5.60. The van der Waals surface area contributed by atoms with Gasteiger partial charge >= 0.3 is 7.12 Å². The van der Waals surface area contributed by atoms with E-state index in [4.69, 9.17) is 14.3 Å². The first-order chi connectivity index (χ1) is 23.6. The number of aromatic nitrogens is 2. The summed E-state index contributed by atoms with van der Waals surface area (Å²) in [7, 11) is -0.484. The first kappa shape index (κ1) is 34.3. The van der Waals surface area contributed by atoms with E-state index < -0.39 is 18.3 Å². The molecule has 0 amide bonds. The van der Waals surface area contributed by atoms with E-state index in [0.717, 1.165) is 33.3 Å². The van der Waals surface area contributed by atoms with Crippen LogP contribution in [0.25, 0.3) is 50.0 Å². The van der Waals surface area contributed by atoms with E-state index in [-0.39, 0.29) is 17.3 Å². The molecule has 50 heavy (non-hydrogen) atoms. The van der Waals surface area contributed by atoms with Crippen molar-refractivity contribution in [2.24, 2.45) is 0 Å². The Hall–Kier alpha value is -4.19. The van der Waals surface area contributed by atoms with Gasteiger partial charge in [0.2, 0.25) is 0 Å². The van der Waals surface area contributed by atoms with Crippen molar-refractivity contribution in [3.05, 3.63) is 114 Å². The van der Waals surface area contributed by atoms with E-state index in [1.165, 1.54) is 38.9 Å². The lowest BCUT2D eigenvalue weighted by molar-refractivity contribution is 0.00578. The highest BCUT2D eigenvalue weighted by Gasteiger charge is 2.52. The van der Waals surface area contributed by atoms with E-state index in [0.29, 0.717) is 0 Å². The molecule has 0 bridgehead atoms. The van der Waals surface area contributed by atoms with Gasteiger partial charge < -0.3 is 9.31 Å². The quantitative estimate of drug-likeness (QED) is 0.167. The lowest BCUT2D eigenvalue weighted by Crippen LogP contribution is -2.41. The number of benzene rings is 5. The molecule has 5 heteroatoms. The SMILES string of the molecule is CC(C)c1cc(-c2ccccc2)cc(C(C)C)c1-n1c(-c2cc(B3OC(C)(C)C(C)(C)O3)cc(C(C)(C)C)c2)nc2c3ccccc3ccc21. The second-order valence-corrected chi connectivity index (χ2v) is 16.8. The molecule has 5 aromatic carbocycles. The van der Waals surface area contributed by atoms with E-state index in [2.05, 4.69) is 178 Å². The summed E-state index contributed by atoms with van der Waals surface area (Å²) < 4.78 is 15.7. The third kappa shape index (κ3) is 5.89. The smallest absolute Gasteiger partial charge is 0.399 e. The summed E-state index contributed by atoms with van der Waals surface area (Å²) in [6.45, 7) is 24.5. The van der Waals surface area contributed by atoms with Crippen molar-refractivity contribution in [3.63, 3.8) is 0 Å². The number of nitrogens with zero attached hydrogens (tertiary/aromatic N) is 2. The monoisotopic (exact) mass is 662 g/mol. The topological polar surface area (TPSA) is 36.3 Å². The highest BCUT2D eigenvalue weighted by molar-refractivity contribution is 6.62. The maximum atomic E-state index is 6.65. The summed E-state index contributed by atoms with van der Waals surface area (Å²) in [5.41, 5.74) is 10.7. The fourth-order valence-electron chi connectivity index (χ4n) is 7.18. The molecule has 1 aliphatic rings. The Kier molecular flexibility index (Phi) is 8.39. The van der Waals surface area contributed by atoms with Gasteiger partial charge in [-0.15, -0.1) is 0 Å². The van der Waals surface area contributed by atoms with Crippen LogP contribution in [0.2, 0.25) is 0 Å². The van der Waals surface area contributed by atoms with Crippen LogP contribution in [-0.2, 0) is 14.7 Å². The number of imidazole rings is 1. The van der Waals surface area contributed by atoms with Crippen molar-refractivity contribution in [2.45, 2.75) is 105 Å². The van der Waals surface area contributed by atoms with Crippen LogP contribution in [-0.4, -0.2) is 27.9 Å². The minimum Gasteiger partial charge on any atom is -0.399 e. The van der Waals surface area contributed by atoms with Gasteiger partial charge in [0.15, 0.2) is 0 Å². The number of rotatable bonds is 6. The molecule has 0 atom stereocenters. The van der Waals surface area contributed by atoms with Crippen molar-refractivity contribution >= 4 is 34.4 Å². The van der Waals surface area contributed by atoms with Crippen molar-refractivity contribution in [1.29, 1.82) is 0 Å². The lowest BCUT2D eigenvalue weighted by atomic mass is 9.74. The van der Waals surface area contributed by atoms with Crippen molar-refractivity contribution in [3.8, 4) is 28.2 Å². The van der Waals surface area contributed by atoms with Gasteiger partial charge in [-0.3, -0.25) is 4.57 Å². The molecule has 2 heterocycles. The molecule has 0 N–H and O–H groups in total. The Morgan fingerprint density at radius 2 is 1.26 bits per heavy atom. The molecule has 1 saturated heterocycles. The number of hydrogen-bond acceptors (Lipinski definition) is 3. The summed E-state index contributed by atoms with van der Waals surface area (Å²) in [6.07, 6.45) is 0.